The molecule has 1 N–H and O–H groups in total. The molecule has 0 amide bonds. The van der Waals surface area contributed by atoms with Crippen LogP contribution in [0.3, 0.4) is 0 Å². The zero-order chi connectivity index (χ0) is 11.5. The Bertz CT molecular complexity index is 257. The maximum Gasteiger partial charge on any atom is 0.323 e. The molecule has 0 spiro atoms. The first-order chi connectivity index (χ1) is 7.03. The third-order valence-corrected chi connectivity index (χ3v) is 3.03. The van der Waals surface area contributed by atoms with Crippen LogP contribution in [0, 0.1) is 11.3 Å². The number of carboxylic acid groups (broad SMARTS) is 1. The van der Waals surface area contributed by atoms with E-state index in [2.05, 4.69) is 4.74 Å². The third kappa shape index (κ3) is 2.12. The van der Waals surface area contributed by atoms with Gasteiger partial charge in [0.25, 0.3) is 0 Å². The molecule has 2 unspecified atom stereocenters. The van der Waals surface area contributed by atoms with E-state index in [-0.39, 0.29) is 5.92 Å². The topological polar surface area (TPSA) is 72.8 Å². The number of esters is 1. The van der Waals surface area contributed by atoms with Crippen molar-refractivity contribution in [1.82, 2.24) is 0 Å². The number of ether oxygens (including phenoxy) is 2. The van der Waals surface area contributed by atoms with Gasteiger partial charge in [-0.05, 0) is 19.8 Å². The molecule has 1 saturated heterocycles. The summed E-state index contributed by atoms with van der Waals surface area (Å²) in [5.74, 6) is -2.16. The smallest absolute Gasteiger partial charge is 0.323 e. The van der Waals surface area contributed by atoms with Crippen LogP contribution in [0.2, 0.25) is 0 Å². The van der Waals surface area contributed by atoms with Crippen molar-refractivity contribution in [2.75, 3.05) is 20.3 Å². The quantitative estimate of drug-likeness (QED) is 0.554. The summed E-state index contributed by atoms with van der Waals surface area (Å²) >= 11 is 0. The van der Waals surface area contributed by atoms with Crippen LogP contribution in [0.1, 0.15) is 19.8 Å². The number of aliphatic carboxylic acids is 1. The standard InChI is InChI=1S/C10H16O5/c1-10(8(11)12,9(13)14-2)7-4-3-5-15-6-7/h7H,3-6H2,1-2H3,(H,11,12). The lowest BCUT2D eigenvalue weighted by Gasteiger charge is -2.33. The van der Waals surface area contributed by atoms with Crippen LogP contribution in [0.25, 0.3) is 0 Å². The average molecular weight is 216 g/mol. The SMILES string of the molecule is COC(=O)C(C)(C(=O)O)C1CCCOC1. The molecule has 0 bridgehead atoms. The Hall–Kier alpha value is -1.10. The largest absolute Gasteiger partial charge is 0.480 e. The normalized spacial score (nSPS) is 25.3. The highest BCUT2D eigenvalue weighted by molar-refractivity contribution is 5.99. The zero-order valence-electron chi connectivity index (χ0n) is 8.99. The fourth-order valence-electron chi connectivity index (χ4n) is 1.84. The van der Waals surface area contributed by atoms with Crippen LogP contribution < -0.4 is 0 Å². The molecule has 86 valence electrons. The molecule has 0 aromatic heterocycles. The van der Waals surface area contributed by atoms with Crippen LogP contribution in [0.5, 0.6) is 0 Å². The van der Waals surface area contributed by atoms with E-state index in [4.69, 9.17) is 9.84 Å². The molecule has 0 aromatic rings. The molecule has 5 heteroatoms. The van der Waals surface area contributed by atoms with E-state index in [0.717, 1.165) is 6.42 Å². The van der Waals surface area contributed by atoms with E-state index in [9.17, 15) is 9.59 Å². The van der Waals surface area contributed by atoms with Gasteiger partial charge in [0.2, 0.25) is 0 Å². The summed E-state index contributed by atoms with van der Waals surface area (Å²) in [5, 5.41) is 9.13. The molecule has 0 saturated carbocycles. The lowest BCUT2D eigenvalue weighted by atomic mass is 9.74. The first kappa shape index (κ1) is 12.0. The van der Waals surface area contributed by atoms with Gasteiger partial charge in [-0.2, -0.15) is 0 Å². The van der Waals surface area contributed by atoms with Crippen molar-refractivity contribution >= 4 is 11.9 Å². The van der Waals surface area contributed by atoms with E-state index < -0.39 is 17.4 Å². The number of carbonyl (C=O) groups excluding carboxylic acids is 1. The molecule has 0 aliphatic carbocycles. The zero-order valence-corrected chi connectivity index (χ0v) is 8.99. The molecule has 0 radical (unpaired) electrons. The van der Waals surface area contributed by atoms with Gasteiger partial charge in [0.05, 0.1) is 13.7 Å². The van der Waals surface area contributed by atoms with Gasteiger partial charge < -0.3 is 14.6 Å². The van der Waals surface area contributed by atoms with Crippen LogP contribution in [0.4, 0.5) is 0 Å². The van der Waals surface area contributed by atoms with Crippen molar-refractivity contribution in [2.45, 2.75) is 19.8 Å². The number of carboxylic acids is 1. The highest BCUT2D eigenvalue weighted by atomic mass is 16.5. The molecule has 15 heavy (non-hydrogen) atoms. The average Bonchev–Trinajstić information content (AvgIpc) is 2.27. The Morgan fingerprint density at radius 3 is 2.60 bits per heavy atom. The minimum Gasteiger partial charge on any atom is -0.480 e. The summed E-state index contributed by atoms with van der Waals surface area (Å²) in [6.07, 6.45) is 1.46. The molecule has 0 aromatic carbocycles. The number of carbonyl (C=O) groups is 2. The van der Waals surface area contributed by atoms with Gasteiger partial charge in [0.1, 0.15) is 0 Å². The lowest BCUT2D eigenvalue weighted by molar-refractivity contribution is -0.173. The first-order valence-electron chi connectivity index (χ1n) is 4.93. The van der Waals surface area contributed by atoms with Gasteiger partial charge >= 0.3 is 11.9 Å². The fraction of sp³-hybridized carbons (Fsp3) is 0.800. The Balaban J connectivity index is 2.88. The highest BCUT2D eigenvalue weighted by Crippen LogP contribution is 2.35. The Morgan fingerprint density at radius 2 is 2.20 bits per heavy atom. The maximum absolute atomic E-state index is 11.5. The van der Waals surface area contributed by atoms with E-state index in [1.807, 2.05) is 0 Å². The van der Waals surface area contributed by atoms with Crippen molar-refractivity contribution in [3.8, 4) is 0 Å². The van der Waals surface area contributed by atoms with Crippen molar-refractivity contribution < 1.29 is 24.2 Å². The molecule has 1 aliphatic rings. The second-order valence-electron chi connectivity index (χ2n) is 3.91. The third-order valence-electron chi connectivity index (χ3n) is 3.03. The van der Waals surface area contributed by atoms with Gasteiger partial charge in [0, 0.05) is 12.5 Å². The molecule has 1 fully saturated rings. The van der Waals surface area contributed by atoms with Gasteiger partial charge in [-0.15, -0.1) is 0 Å². The molecular weight excluding hydrogens is 200 g/mol. The lowest BCUT2D eigenvalue weighted by Crippen LogP contribution is -2.47. The molecule has 5 nitrogen and oxygen atoms in total. The summed E-state index contributed by atoms with van der Waals surface area (Å²) < 4.78 is 9.76. The van der Waals surface area contributed by atoms with E-state index in [1.165, 1.54) is 14.0 Å². The highest BCUT2D eigenvalue weighted by Gasteiger charge is 2.49. The van der Waals surface area contributed by atoms with Crippen molar-refractivity contribution in [3.05, 3.63) is 0 Å². The van der Waals surface area contributed by atoms with E-state index in [0.29, 0.717) is 19.6 Å². The Morgan fingerprint density at radius 1 is 1.53 bits per heavy atom. The predicted octanol–water partition coefficient (Wildman–Crippen LogP) is 0.677. The second kappa shape index (κ2) is 4.61. The Labute approximate surface area is 88.4 Å². The van der Waals surface area contributed by atoms with E-state index >= 15 is 0 Å². The van der Waals surface area contributed by atoms with Crippen LogP contribution in [-0.2, 0) is 19.1 Å². The van der Waals surface area contributed by atoms with Crippen molar-refractivity contribution in [2.24, 2.45) is 11.3 Å². The monoisotopic (exact) mass is 216 g/mol. The number of rotatable bonds is 3. The van der Waals surface area contributed by atoms with Crippen LogP contribution in [-0.4, -0.2) is 37.4 Å². The molecule has 1 rings (SSSR count). The summed E-state index contributed by atoms with van der Waals surface area (Å²) in [4.78, 5) is 22.7. The maximum atomic E-state index is 11.5. The summed E-state index contributed by atoms with van der Waals surface area (Å²) in [6.45, 7) is 2.34. The van der Waals surface area contributed by atoms with Gasteiger partial charge in [-0.25, -0.2) is 0 Å². The minimum absolute atomic E-state index is 0.303. The molecule has 1 heterocycles. The minimum atomic E-state index is -1.49. The van der Waals surface area contributed by atoms with Gasteiger partial charge in [-0.1, -0.05) is 0 Å². The first-order valence-corrected chi connectivity index (χ1v) is 4.93. The number of hydrogen-bond donors (Lipinski definition) is 1. The van der Waals surface area contributed by atoms with Gasteiger partial charge in [-0.3, -0.25) is 9.59 Å². The van der Waals surface area contributed by atoms with Gasteiger partial charge in [0.15, 0.2) is 5.41 Å². The van der Waals surface area contributed by atoms with Crippen molar-refractivity contribution in [1.29, 1.82) is 0 Å². The van der Waals surface area contributed by atoms with Crippen LogP contribution >= 0.6 is 0 Å². The predicted molar refractivity (Wildman–Crippen MR) is 51.3 cm³/mol. The molecule has 2 atom stereocenters. The summed E-state index contributed by atoms with van der Waals surface area (Å²) in [7, 11) is 1.20. The van der Waals surface area contributed by atoms with Crippen molar-refractivity contribution in [3.63, 3.8) is 0 Å². The molecule has 1 aliphatic heterocycles. The van der Waals surface area contributed by atoms with Crippen LogP contribution in [0.15, 0.2) is 0 Å². The number of hydrogen-bond acceptors (Lipinski definition) is 4. The summed E-state index contributed by atoms with van der Waals surface area (Å²) in [6, 6.07) is 0. The number of methoxy groups -OCH3 is 1. The van der Waals surface area contributed by atoms with E-state index in [1.54, 1.807) is 0 Å². The second-order valence-corrected chi connectivity index (χ2v) is 3.91. The summed E-state index contributed by atoms with van der Waals surface area (Å²) in [5.41, 5.74) is -1.49. The molecular formula is C10H16O5. The fourth-order valence-corrected chi connectivity index (χ4v) is 1.84. The Kier molecular flexibility index (Phi) is 3.68.